The lowest BCUT2D eigenvalue weighted by Gasteiger charge is -2.16. The maximum absolute atomic E-state index is 13.1. The van der Waals surface area contributed by atoms with Crippen molar-refractivity contribution in [2.24, 2.45) is 0 Å². The first-order valence-electron chi connectivity index (χ1n) is 6.91. The van der Waals surface area contributed by atoms with Crippen LogP contribution < -0.4 is 5.32 Å². The number of pyridine rings is 1. The zero-order chi connectivity index (χ0) is 17.0. The van der Waals surface area contributed by atoms with E-state index in [9.17, 15) is 18.0 Å². The first-order valence-corrected chi connectivity index (χ1v) is 6.91. The highest BCUT2D eigenvalue weighted by Gasteiger charge is 2.34. The summed E-state index contributed by atoms with van der Waals surface area (Å²) in [4.78, 5) is 15.8. The number of rotatable bonds is 5. The SMILES string of the molecule is CCOC(=O)c1cnc2c(C(F)(F)F)cccc2c1NCCO. The minimum atomic E-state index is -4.56. The molecule has 0 radical (unpaired) electrons. The molecule has 0 spiro atoms. The number of anilines is 1. The maximum Gasteiger partial charge on any atom is 0.418 e. The van der Waals surface area contributed by atoms with E-state index < -0.39 is 17.7 Å². The first-order chi connectivity index (χ1) is 10.9. The molecule has 8 heteroatoms. The van der Waals surface area contributed by atoms with E-state index in [4.69, 9.17) is 9.84 Å². The number of carbonyl (C=O) groups is 1. The van der Waals surface area contributed by atoms with Crippen molar-refractivity contribution in [3.05, 3.63) is 35.5 Å². The monoisotopic (exact) mass is 328 g/mol. The lowest BCUT2D eigenvalue weighted by atomic mass is 10.0. The minimum absolute atomic E-state index is 0.0205. The molecule has 124 valence electrons. The number of carbonyl (C=O) groups excluding carboxylic acids is 1. The molecule has 1 aromatic carbocycles. The summed E-state index contributed by atoms with van der Waals surface area (Å²) in [7, 11) is 0. The Morgan fingerprint density at radius 3 is 2.74 bits per heavy atom. The highest BCUT2D eigenvalue weighted by molar-refractivity contribution is 6.05. The summed E-state index contributed by atoms with van der Waals surface area (Å²) < 4.78 is 44.2. The highest BCUT2D eigenvalue weighted by Crippen LogP contribution is 2.36. The van der Waals surface area contributed by atoms with Crippen LogP contribution in [0.25, 0.3) is 10.9 Å². The third-order valence-corrected chi connectivity index (χ3v) is 3.11. The van der Waals surface area contributed by atoms with Crippen LogP contribution >= 0.6 is 0 Å². The topological polar surface area (TPSA) is 71.5 Å². The van der Waals surface area contributed by atoms with Crippen molar-refractivity contribution in [1.29, 1.82) is 0 Å². The smallest absolute Gasteiger partial charge is 0.418 e. The molecule has 0 amide bonds. The Morgan fingerprint density at radius 1 is 1.39 bits per heavy atom. The van der Waals surface area contributed by atoms with Gasteiger partial charge in [-0.25, -0.2) is 4.79 Å². The van der Waals surface area contributed by atoms with E-state index in [0.29, 0.717) is 0 Å². The number of aliphatic hydroxyl groups is 1. The molecule has 0 aliphatic carbocycles. The van der Waals surface area contributed by atoms with E-state index in [1.807, 2.05) is 0 Å². The van der Waals surface area contributed by atoms with Gasteiger partial charge in [0.25, 0.3) is 0 Å². The van der Waals surface area contributed by atoms with Crippen molar-refractivity contribution in [2.45, 2.75) is 13.1 Å². The number of fused-ring (bicyclic) bond motifs is 1. The normalized spacial score (nSPS) is 11.5. The van der Waals surface area contributed by atoms with Crippen LogP contribution in [0.1, 0.15) is 22.8 Å². The van der Waals surface area contributed by atoms with Gasteiger partial charge in [-0.05, 0) is 13.0 Å². The van der Waals surface area contributed by atoms with E-state index in [2.05, 4.69) is 10.3 Å². The Hall–Kier alpha value is -2.35. The summed E-state index contributed by atoms with van der Waals surface area (Å²) in [6.45, 7) is 1.57. The number of esters is 1. The number of nitrogens with one attached hydrogen (secondary N) is 1. The molecule has 2 rings (SSSR count). The molecule has 0 unspecified atom stereocenters. The summed E-state index contributed by atoms with van der Waals surface area (Å²) in [6, 6.07) is 3.60. The van der Waals surface area contributed by atoms with Gasteiger partial charge in [-0.1, -0.05) is 12.1 Å². The molecule has 0 fully saturated rings. The zero-order valence-corrected chi connectivity index (χ0v) is 12.3. The van der Waals surface area contributed by atoms with Gasteiger partial charge < -0.3 is 15.2 Å². The molecule has 2 aromatic rings. The fourth-order valence-electron chi connectivity index (χ4n) is 2.19. The Kier molecular flexibility index (Phi) is 5.05. The molecule has 0 bridgehead atoms. The van der Waals surface area contributed by atoms with Gasteiger partial charge in [0.15, 0.2) is 0 Å². The number of hydrogen-bond acceptors (Lipinski definition) is 5. The molecule has 5 nitrogen and oxygen atoms in total. The van der Waals surface area contributed by atoms with Crippen molar-refractivity contribution in [1.82, 2.24) is 4.98 Å². The number of hydrogen-bond donors (Lipinski definition) is 2. The third kappa shape index (κ3) is 3.53. The van der Waals surface area contributed by atoms with Crippen molar-refractivity contribution >= 4 is 22.6 Å². The largest absolute Gasteiger partial charge is 0.462 e. The number of aromatic nitrogens is 1. The number of nitrogens with zero attached hydrogens (tertiary/aromatic N) is 1. The van der Waals surface area contributed by atoms with Crippen LogP contribution in [0.3, 0.4) is 0 Å². The lowest BCUT2D eigenvalue weighted by molar-refractivity contribution is -0.136. The summed E-state index contributed by atoms with van der Waals surface area (Å²) in [5, 5.41) is 11.8. The van der Waals surface area contributed by atoms with Crippen LogP contribution in [0.2, 0.25) is 0 Å². The molecule has 2 N–H and O–H groups in total. The van der Waals surface area contributed by atoms with Gasteiger partial charge in [0.1, 0.15) is 5.56 Å². The first kappa shape index (κ1) is 17.0. The van der Waals surface area contributed by atoms with Crippen LogP contribution in [-0.2, 0) is 10.9 Å². The molecule has 0 saturated carbocycles. The summed E-state index contributed by atoms with van der Waals surface area (Å²) in [5.74, 6) is -0.695. The fourth-order valence-corrected chi connectivity index (χ4v) is 2.19. The Labute approximate surface area is 130 Å². The van der Waals surface area contributed by atoms with E-state index in [0.717, 1.165) is 12.3 Å². The Balaban J connectivity index is 2.69. The van der Waals surface area contributed by atoms with Gasteiger partial charge in [0, 0.05) is 18.1 Å². The van der Waals surface area contributed by atoms with Crippen molar-refractivity contribution in [3.8, 4) is 0 Å². The van der Waals surface area contributed by atoms with Gasteiger partial charge in [-0.2, -0.15) is 13.2 Å². The quantitative estimate of drug-likeness (QED) is 0.826. The third-order valence-electron chi connectivity index (χ3n) is 3.11. The molecule has 23 heavy (non-hydrogen) atoms. The summed E-state index contributed by atoms with van der Waals surface area (Å²) in [6.07, 6.45) is -3.51. The molecule has 0 atom stereocenters. The average Bonchev–Trinajstić information content (AvgIpc) is 2.51. The number of benzene rings is 1. The summed E-state index contributed by atoms with van der Waals surface area (Å²) in [5.41, 5.74) is -0.980. The number of para-hydroxylation sites is 1. The van der Waals surface area contributed by atoms with Gasteiger partial charge in [0.2, 0.25) is 0 Å². The van der Waals surface area contributed by atoms with E-state index in [1.54, 1.807) is 6.92 Å². The number of alkyl halides is 3. The molecule has 0 aliphatic heterocycles. The van der Waals surface area contributed by atoms with Gasteiger partial charge >= 0.3 is 12.1 Å². The van der Waals surface area contributed by atoms with Gasteiger partial charge in [0.05, 0.1) is 30.0 Å². The predicted octanol–water partition coefficient (Wildman–Crippen LogP) is 2.83. The second-order valence-electron chi connectivity index (χ2n) is 4.62. The standard InChI is InChI=1S/C15H15F3N2O3/c1-2-23-14(22)10-8-20-13-9(12(10)19-6-7-21)4-3-5-11(13)15(16,17)18/h3-5,8,21H,2,6-7H2,1H3,(H,19,20). The molecular weight excluding hydrogens is 313 g/mol. The summed E-state index contributed by atoms with van der Waals surface area (Å²) >= 11 is 0. The van der Waals surface area contributed by atoms with Crippen molar-refractivity contribution < 1.29 is 27.8 Å². The van der Waals surface area contributed by atoms with Crippen molar-refractivity contribution in [2.75, 3.05) is 25.1 Å². The highest BCUT2D eigenvalue weighted by atomic mass is 19.4. The molecular formula is C15H15F3N2O3. The molecule has 1 heterocycles. The van der Waals surface area contributed by atoms with Gasteiger partial charge in [-0.3, -0.25) is 4.98 Å². The Bertz CT molecular complexity index is 717. The van der Waals surface area contributed by atoms with Crippen LogP contribution in [0.4, 0.5) is 18.9 Å². The van der Waals surface area contributed by atoms with Crippen molar-refractivity contribution in [3.63, 3.8) is 0 Å². The molecule has 0 aliphatic rings. The number of aliphatic hydroxyl groups excluding tert-OH is 1. The van der Waals surface area contributed by atoms with Crippen LogP contribution in [0.15, 0.2) is 24.4 Å². The van der Waals surface area contributed by atoms with Crippen LogP contribution in [0.5, 0.6) is 0 Å². The van der Waals surface area contributed by atoms with Crippen LogP contribution in [-0.4, -0.2) is 35.8 Å². The number of halogens is 3. The Morgan fingerprint density at radius 2 is 2.13 bits per heavy atom. The zero-order valence-electron chi connectivity index (χ0n) is 12.3. The average molecular weight is 328 g/mol. The molecule has 0 saturated heterocycles. The predicted molar refractivity (Wildman–Crippen MR) is 78.3 cm³/mol. The van der Waals surface area contributed by atoms with E-state index >= 15 is 0 Å². The second kappa shape index (κ2) is 6.82. The van der Waals surface area contributed by atoms with Gasteiger partial charge in [-0.15, -0.1) is 0 Å². The number of ether oxygens (including phenoxy) is 1. The lowest BCUT2D eigenvalue weighted by Crippen LogP contribution is -2.14. The van der Waals surface area contributed by atoms with E-state index in [-0.39, 0.29) is 41.9 Å². The fraction of sp³-hybridized carbons (Fsp3) is 0.333. The van der Waals surface area contributed by atoms with E-state index in [1.165, 1.54) is 12.1 Å². The second-order valence-corrected chi connectivity index (χ2v) is 4.62. The molecule has 1 aromatic heterocycles. The van der Waals surface area contributed by atoms with Crippen LogP contribution in [0, 0.1) is 0 Å². The minimum Gasteiger partial charge on any atom is -0.462 e. The maximum atomic E-state index is 13.1.